The highest BCUT2D eigenvalue weighted by Crippen LogP contribution is 2.25. The molecular formula is C15H24FNO2. The first kappa shape index (κ1) is 15.9. The van der Waals surface area contributed by atoms with Crippen LogP contribution in [-0.4, -0.2) is 23.9 Å². The molecule has 2 N–H and O–H groups in total. The van der Waals surface area contributed by atoms with Crippen molar-refractivity contribution in [2.24, 2.45) is 5.92 Å². The molecule has 0 saturated heterocycles. The third-order valence-electron chi connectivity index (χ3n) is 3.37. The summed E-state index contributed by atoms with van der Waals surface area (Å²) in [6.45, 7) is 8.93. The van der Waals surface area contributed by atoms with Crippen molar-refractivity contribution in [1.29, 1.82) is 0 Å². The van der Waals surface area contributed by atoms with Crippen molar-refractivity contribution in [2.75, 3.05) is 13.2 Å². The average Bonchev–Trinajstić information content (AvgIpc) is 2.34. The van der Waals surface area contributed by atoms with Crippen LogP contribution in [0.1, 0.15) is 33.3 Å². The van der Waals surface area contributed by atoms with Gasteiger partial charge in [0.05, 0.1) is 5.60 Å². The summed E-state index contributed by atoms with van der Waals surface area (Å²) in [5.41, 5.74) is -0.209. The number of halogens is 1. The van der Waals surface area contributed by atoms with Crippen molar-refractivity contribution in [3.8, 4) is 5.75 Å². The lowest BCUT2D eigenvalue weighted by atomic mass is 9.94. The molecule has 108 valence electrons. The Morgan fingerprint density at radius 2 is 2.11 bits per heavy atom. The second kappa shape index (κ2) is 6.87. The van der Waals surface area contributed by atoms with Crippen LogP contribution in [0.2, 0.25) is 0 Å². The number of hydrogen-bond donors (Lipinski definition) is 2. The second-order valence-corrected chi connectivity index (χ2v) is 5.31. The van der Waals surface area contributed by atoms with Crippen LogP contribution >= 0.6 is 0 Å². The van der Waals surface area contributed by atoms with Crippen LogP contribution in [0.3, 0.4) is 0 Å². The predicted molar refractivity (Wildman–Crippen MR) is 74.7 cm³/mol. The molecule has 1 unspecified atom stereocenters. The third-order valence-corrected chi connectivity index (χ3v) is 3.37. The van der Waals surface area contributed by atoms with Crippen molar-refractivity contribution < 1.29 is 14.2 Å². The molecule has 0 aromatic heterocycles. The topological polar surface area (TPSA) is 41.5 Å². The van der Waals surface area contributed by atoms with Gasteiger partial charge in [0, 0.05) is 12.1 Å². The van der Waals surface area contributed by atoms with E-state index in [4.69, 9.17) is 4.74 Å². The highest BCUT2D eigenvalue weighted by molar-refractivity contribution is 5.35. The van der Waals surface area contributed by atoms with E-state index in [1.165, 1.54) is 6.07 Å². The lowest BCUT2D eigenvalue weighted by Crippen LogP contribution is -2.38. The molecule has 4 heteroatoms. The SMILES string of the molecule is CCNCc1cccc(F)c1OCC(C)(O)C(C)C. The van der Waals surface area contributed by atoms with Gasteiger partial charge in [0.25, 0.3) is 0 Å². The molecule has 3 nitrogen and oxygen atoms in total. The van der Waals surface area contributed by atoms with Gasteiger partial charge in [0.1, 0.15) is 6.61 Å². The van der Waals surface area contributed by atoms with Gasteiger partial charge in [0.15, 0.2) is 11.6 Å². The van der Waals surface area contributed by atoms with E-state index in [9.17, 15) is 9.50 Å². The number of ether oxygens (including phenoxy) is 1. The zero-order valence-corrected chi connectivity index (χ0v) is 12.2. The van der Waals surface area contributed by atoms with Gasteiger partial charge in [-0.1, -0.05) is 32.9 Å². The van der Waals surface area contributed by atoms with Crippen LogP contribution in [0, 0.1) is 11.7 Å². The fourth-order valence-electron chi connectivity index (χ4n) is 1.50. The van der Waals surface area contributed by atoms with Crippen LogP contribution in [0.5, 0.6) is 5.75 Å². The Labute approximate surface area is 114 Å². The summed E-state index contributed by atoms with van der Waals surface area (Å²) < 4.78 is 19.3. The standard InChI is InChI=1S/C15H24FNO2/c1-5-17-9-12-7-6-8-13(16)14(12)19-10-15(4,18)11(2)3/h6-8,11,17-18H,5,9-10H2,1-4H3. The van der Waals surface area contributed by atoms with Gasteiger partial charge >= 0.3 is 0 Å². The number of nitrogens with one attached hydrogen (secondary N) is 1. The predicted octanol–water partition coefficient (Wildman–Crippen LogP) is 2.72. The first-order valence-corrected chi connectivity index (χ1v) is 6.71. The number of rotatable bonds is 7. The maximum atomic E-state index is 13.8. The molecule has 0 spiro atoms. The molecule has 0 radical (unpaired) electrons. The molecule has 0 fully saturated rings. The van der Waals surface area contributed by atoms with E-state index in [0.29, 0.717) is 6.54 Å². The molecule has 19 heavy (non-hydrogen) atoms. The highest BCUT2D eigenvalue weighted by atomic mass is 19.1. The van der Waals surface area contributed by atoms with E-state index in [-0.39, 0.29) is 18.3 Å². The van der Waals surface area contributed by atoms with E-state index in [1.807, 2.05) is 26.8 Å². The number of hydrogen-bond acceptors (Lipinski definition) is 3. The second-order valence-electron chi connectivity index (χ2n) is 5.31. The summed E-state index contributed by atoms with van der Waals surface area (Å²) in [6, 6.07) is 4.86. The van der Waals surface area contributed by atoms with Crippen LogP contribution in [0.25, 0.3) is 0 Å². The molecule has 0 aliphatic rings. The fraction of sp³-hybridized carbons (Fsp3) is 0.600. The van der Waals surface area contributed by atoms with Crippen molar-refractivity contribution in [3.05, 3.63) is 29.6 Å². The van der Waals surface area contributed by atoms with E-state index < -0.39 is 11.4 Å². The van der Waals surface area contributed by atoms with Gasteiger partial charge in [-0.25, -0.2) is 4.39 Å². The molecule has 0 amide bonds. The van der Waals surface area contributed by atoms with E-state index in [1.54, 1.807) is 13.0 Å². The Morgan fingerprint density at radius 1 is 1.42 bits per heavy atom. The maximum absolute atomic E-state index is 13.8. The quantitative estimate of drug-likeness (QED) is 0.799. The summed E-state index contributed by atoms with van der Waals surface area (Å²) in [6.07, 6.45) is 0. The first-order valence-electron chi connectivity index (χ1n) is 6.71. The Balaban J connectivity index is 2.81. The fourth-order valence-corrected chi connectivity index (χ4v) is 1.50. The zero-order chi connectivity index (χ0) is 14.5. The molecule has 0 bridgehead atoms. The minimum Gasteiger partial charge on any atom is -0.487 e. The molecule has 1 atom stereocenters. The summed E-state index contributed by atoms with van der Waals surface area (Å²) >= 11 is 0. The van der Waals surface area contributed by atoms with Crippen molar-refractivity contribution in [2.45, 2.75) is 39.8 Å². The van der Waals surface area contributed by atoms with Gasteiger partial charge in [-0.3, -0.25) is 0 Å². The van der Waals surface area contributed by atoms with Crippen LogP contribution < -0.4 is 10.1 Å². The molecule has 1 aromatic rings. The lowest BCUT2D eigenvalue weighted by molar-refractivity contribution is -0.0277. The highest BCUT2D eigenvalue weighted by Gasteiger charge is 2.26. The van der Waals surface area contributed by atoms with Crippen LogP contribution in [0.15, 0.2) is 18.2 Å². The van der Waals surface area contributed by atoms with Gasteiger partial charge in [-0.05, 0) is 25.5 Å². The Morgan fingerprint density at radius 3 is 2.68 bits per heavy atom. The summed E-state index contributed by atoms with van der Waals surface area (Å²) in [4.78, 5) is 0. The molecule has 0 saturated carbocycles. The van der Waals surface area contributed by atoms with Gasteiger partial charge in [0.2, 0.25) is 0 Å². The minimum absolute atomic E-state index is 0.0384. The summed E-state index contributed by atoms with van der Waals surface area (Å²) in [7, 11) is 0. The van der Waals surface area contributed by atoms with E-state index in [2.05, 4.69) is 5.32 Å². The minimum atomic E-state index is -0.974. The van der Waals surface area contributed by atoms with Gasteiger partial charge in [-0.15, -0.1) is 0 Å². The average molecular weight is 269 g/mol. The van der Waals surface area contributed by atoms with Gasteiger partial charge in [-0.2, -0.15) is 0 Å². The Kier molecular flexibility index (Phi) is 5.76. The third kappa shape index (κ3) is 4.48. The monoisotopic (exact) mass is 269 g/mol. The largest absolute Gasteiger partial charge is 0.487 e. The lowest BCUT2D eigenvalue weighted by Gasteiger charge is -2.28. The first-order chi connectivity index (χ1) is 8.88. The van der Waals surface area contributed by atoms with Crippen molar-refractivity contribution in [3.63, 3.8) is 0 Å². The maximum Gasteiger partial charge on any atom is 0.165 e. The molecular weight excluding hydrogens is 245 g/mol. The number of benzene rings is 1. The van der Waals surface area contributed by atoms with Crippen molar-refractivity contribution >= 4 is 0 Å². The van der Waals surface area contributed by atoms with Crippen molar-refractivity contribution in [1.82, 2.24) is 5.32 Å². The van der Waals surface area contributed by atoms with E-state index in [0.717, 1.165) is 12.1 Å². The van der Waals surface area contributed by atoms with Gasteiger partial charge < -0.3 is 15.2 Å². The molecule has 0 aliphatic carbocycles. The zero-order valence-electron chi connectivity index (χ0n) is 12.2. The summed E-state index contributed by atoms with van der Waals surface area (Å²) in [5, 5.41) is 13.3. The molecule has 1 aromatic carbocycles. The number of aliphatic hydroxyl groups is 1. The molecule has 0 heterocycles. The van der Waals surface area contributed by atoms with Crippen LogP contribution in [-0.2, 0) is 6.54 Å². The molecule has 0 aliphatic heterocycles. The van der Waals surface area contributed by atoms with E-state index >= 15 is 0 Å². The number of para-hydroxylation sites is 1. The summed E-state index contributed by atoms with van der Waals surface area (Å²) in [5.74, 6) is -0.129. The smallest absolute Gasteiger partial charge is 0.165 e. The Bertz CT molecular complexity index is 405. The molecule has 1 rings (SSSR count). The normalized spacial score (nSPS) is 14.5. The van der Waals surface area contributed by atoms with Crippen LogP contribution in [0.4, 0.5) is 4.39 Å². The Hall–Kier alpha value is -1.13.